The summed E-state index contributed by atoms with van der Waals surface area (Å²) in [6.45, 7) is 4.09. The van der Waals surface area contributed by atoms with Gasteiger partial charge in [-0.1, -0.05) is 0 Å². The number of rotatable bonds is 9. The molecule has 0 fully saturated rings. The van der Waals surface area contributed by atoms with Crippen LogP contribution in [-0.4, -0.2) is 33.5 Å². The molecule has 92 valence electrons. The van der Waals surface area contributed by atoms with Crippen molar-refractivity contribution in [2.45, 2.75) is 13.0 Å². The Labute approximate surface area is 109 Å². The maximum atomic E-state index is 5.36. The van der Waals surface area contributed by atoms with Crippen molar-refractivity contribution < 1.29 is 9.47 Å². The molecule has 0 bridgehead atoms. The molecule has 3 nitrogen and oxygen atoms in total. The fraction of sp³-hybridized carbons (Fsp3) is 0.636. The van der Waals surface area contributed by atoms with Crippen LogP contribution in [0.4, 0.5) is 0 Å². The zero-order valence-electron chi connectivity index (χ0n) is 9.50. The van der Waals surface area contributed by atoms with E-state index in [0.29, 0.717) is 13.2 Å². The van der Waals surface area contributed by atoms with Gasteiger partial charge in [-0.3, -0.25) is 0 Å². The van der Waals surface area contributed by atoms with Crippen molar-refractivity contribution in [2.24, 2.45) is 0 Å². The molecule has 1 aromatic rings. The van der Waals surface area contributed by atoms with Crippen LogP contribution in [-0.2, 0) is 16.0 Å². The van der Waals surface area contributed by atoms with E-state index >= 15 is 0 Å². The van der Waals surface area contributed by atoms with E-state index in [1.807, 2.05) is 0 Å². The lowest BCUT2D eigenvalue weighted by molar-refractivity contribution is 0.0695. The molecule has 0 aliphatic heterocycles. The normalized spacial score (nSPS) is 10.9. The van der Waals surface area contributed by atoms with Crippen molar-refractivity contribution in [1.82, 2.24) is 5.32 Å². The fourth-order valence-corrected chi connectivity index (χ4v) is 2.62. The third-order valence-electron chi connectivity index (χ3n) is 2.00. The maximum Gasteiger partial charge on any atom is 0.0700 e. The number of hydrogen-bond acceptors (Lipinski definition) is 4. The molecule has 0 saturated carbocycles. The first-order valence-electron chi connectivity index (χ1n) is 5.33. The van der Waals surface area contributed by atoms with Crippen molar-refractivity contribution in [3.8, 4) is 0 Å². The summed E-state index contributed by atoms with van der Waals surface area (Å²) in [7, 11) is 1.68. The lowest BCUT2D eigenvalue weighted by Crippen LogP contribution is -2.16. The molecule has 0 amide bonds. The largest absolute Gasteiger partial charge is 0.382 e. The number of thiophene rings is 1. The monoisotopic (exact) mass is 307 g/mol. The van der Waals surface area contributed by atoms with Crippen LogP contribution >= 0.6 is 27.3 Å². The Morgan fingerprint density at radius 3 is 2.94 bits per heavy atom. The van der Waals surface area contributed by atoms with Crippen LogP contribution in [0.2, 0.25) is 0 Å². The van der Waals surface area contributed by atoms with Crippen molar-refractivity contribution >= 4 is 27.3 Å². The smallest absolute Gasteiger partial charge is 0.0700 e. The van der Waals surface area contributed by atoms with Crippen LogP contribution in [0.5, 0.6) is 0 Å². The Balaban J connectivity index is 1.88. The van der Waals surface area contributed by atoms with Gasteiger partial charge in [0.1, 0.15) is 0 Å². The van der Waals surface area contributed by atoms with Gasteiger partial charge in [-0.2, -0.15) is 0 Å². The standard InChI is InChI=1S/C11H18BrNO2S/c1-14-5-6-15-4-2-3-13-8-11-7-10(12)9-16-11/h7,9,13H,2-6,8H2,1H3. The summed E-state index contributed by atoms with van der Waals surface area (Å²) in [5, 5.41) is 5.49. The van der Waals surface area contributed by atoms with Gasteiger partial charge in [0.25, 0.3) is 0 Å². The predicted octanol–water partition coefficient (Wildman–Crippen LogP) is 2.65. The number of ether oxygens (including phenoxy) is 2. The molecule has 5 heteroatoms. The first-order valence-corrected chi connectivity index (χ1v) is 7.00. The van der Waals surface area contributed by atoms with Gasteiger partial charge in [-0.05, 0) is 35.0 Å². The highest BCUT2D eigenvalue weighted by molar-refractivity contribution is 9.10. The van der Waals surface area contributed by atoms with E-state index < -0.39 is 0 Å². The minimum absolute atomic E-state index is 0.677. The summed E-state index contributed by atoms with van der Waals surface area (Å²) in [5.41, 5.74) is 0. The van der Waals surface area contributed by atoms with Crippen molar-refractivity contribution in [3.63, 3.8) is 0 Å². The molecule has 16 heavy (non-hydrogen) atoms. The highest BCUT2D eigenvalue weighted by Crippen LogP contribution is 2.19. The second kappa shape index (κ2) is 9.13. The van der Waals surface area contributed by atoms with E-state index in [1.54, 1.807) is 18.4 Å². The zero-order valence-corrected chi connectivity index (χ0v) is 11.9. The number of nitrogens with one attached hydrogen (secondary N) is 1. The van der Waals surface area contributed by atoms with Crippen LogP contribution in [0, 0.1) is 0 Å². The van der Waals surface area contributed by atoms with E-state index in [-0.39, 0.29) is 0 Å². The summed E-state index contributed by atoms with van der Waals surface area (Å²) in [5.74, 6) is 0. The highest BCUT2D eigenvalue weighted by Gasteiger charge is 1.96. The second-order valence-corrected chi connectivity index (χ2v) is 5.28. The molecule has 1 aromatic heterocycles. The van der Waals surface area contributed by atoms with Crippen LogP contribution in [0.15, 0.2) is 15.9 Å². The van der Waals surface area contributed by atoms with Gasteiger partial charge in [-0.25, -0.2) is 0 Å². The van der Waals surface area contributed by atoms with E-state index in [0.717, 1.165) is 30.6 Å². The Kier molecular flexibility index (Phi) is 8.06. The molecule has 0 radical (unpaired) electrons. The van der Waals surface area contributed by atoms with Crippen molar-refractivity contribution in [3.05, 3.63) is 20.8 Å². The fourth-order valence-electron chi connectivity index (χ4n) is 1.20. The maximum absolute atomic E-state index is 5.36. The van der Waals surface area contributed by atoms with Gasteiger partial charge >= 0.3 is 0 Å². The van der Waals surface area contributed by atoms with Crippen LogP contribution < -0.4 is 5.32 Å². The van der Waals surface area contributed by atoms with E-state index in [2.05, 4.69) is 32.7 Å². The summed E-state index contributed by atoms with van der Waals surface area (Å²) in [6.07, 6.45) is 1.04. The molecule has 0 saturated heterocycles. The van der Waals surface area contributed by atoms with Gasteiger partial charge in [0, 0.05) is 35.0 Å². The highest BCUT2D eigenvalue weighted by atomic mass is 79.9. The van der Waals surface area contributed by atoms with Crippen molar-refractivity contribution in [2.75, 3.05) is 33.5 Å². The Hall–Kier alpha value is 0.0600. The third kappa shape index (κ3) is 6.60. The molecule has 1 N–H and O–H groups in total. The quantitative estimate of drug-likeness (QED) is 0.712. The average molecular weight is 308 g/mol. The molecule has 0 aliphatic rings. The first-order chi connectivity index (χ1) is 7.83. The van der Waals surface area contributed by atoms with E-state index in [1.165, 1.54) is 4.88 Å². The summed E-state index contributed by atoms with van der Waals surface area (Å²) in [4.78, 5) is 1.35. The molecule has 1 heterocycles. The van der Waals surface area contributed by atoms with Gasteiger partial charge in [0.05, 0.1) is 13.2 Å². The molecular formula is C11H18BrNO2S. The topological polar surface area (TPSA) is 30.5 Å². The minimum atomic E-state index is 0.677. The minimum Gasteiger partial charge on any atom is -0.382 e. The molecule has 0 unspecified atom stereocenters. The van der Waals surface area contributed by atoms with Crippen molar-refractivity contribution in [1.29, 1.82) is 0 Å². The lowest BCUT2D eigenvalue weighted by atomic mass is 10.4. The van der Waals surface area contributed by atoms with E-state index in [9.17, 15) is 0 Å². The zero-order chi connectivity index (χ0) is 11.6. The van der Waals surface area contributed by atoms with Gasteiger partial charge < -0.3 is 14.8 Å². The molecule has 0 atom stereocenters. The number of halogens is 1. The third-order valence-corrected chi connectivity index (χ3v) is 3.69. The van der Waals surface area contributed by atoms with Gasteiger partial charge in [0.15, 0.2) is 0 Å². The SMILES string of the molecule is COCCOCCCNCc1cc(Br)cs1. The molecule has 0 aliphatic carbocycles. The Morgan fingerprint density at radius 1 is 1.38 bits per heavy atom. The first kappa shape index (κ1) is 14.1. The Bertz CT molecular complexity index is 281. The van der Waals surface area contributed by atoms with E-state index in [4.69, 9.17) is 9.47 Å². The molecule has 1 rings (SSSR count). The summed E-state index contributed by atoms with van der Waals surface area (Å²) < 4.78 is 11.4. The number of methoxy groups -OCH3 is 1. The predicted molar refractivity (Wildman–Crippen MR) is 71.0 cm³/mol. The average Bonchev–Trinajstić information content (AvgIpc) is 2.68. The van der Waals surface area contributed by atoms with Crippen LogP contribution in [0.3, 0.4) is 0 Å². The summed E-state index contributed by atoms with van der Waals surface area (Å²) >= 11 is 5.21. The number of hydrogen-bond donors (Lipinski definition) is 1. The van der Waals surface area contributed by atoms with Crippen LogP contribution in [0.25, 0.3) is 0 Å². The second-order valence-electron chi connectivity index (χ2n) is 3.37. The summed E-state index contributed by atoms with van der Waals surface area (Å²) in [6, 6.07) is 2.15. The Morgan fingerprint density at radius 2 is 2.25 bits per heavy atom. The van der Waals surface area contributed by atoms with Crippen LogP contribution in [0.1, 0.15) is 11.3 Å². The molecule has 0 aromatic carbocycles. The van der Waals surface area contributed by atoms with Gasteiger partial charge in [-0.15, -0.1) is 11.3 Å². The molecule has 0 spiro atoms. The lowest BCUT2D eigenvalue weighted by Gasteiger charge is -2.04. The van der Waals surface area contributed by atoms with Gasteiger partial charge in [0.2, 0.25) is 0 Å². The molecular weight excluding hydrogens is 290 g/mol.